The molecule has 1 N–H and O–H groups in total. The van der Waals surface area contributed by atoms with E-state index in [4.69, 9.17) is 9.26 Å². The molecule has 2 rings (SSSR count). The van der Waals surface area contributed by atoms with E-state index in [1.165, 1.54) is 0 Å². The third-order valence-electron chi connectivity index (χ3n) is 2.94. The summed E-state index contributed by atoms with van der Waals surface area (Å²) < 4.78 is 10.3. The highest BCUT2D eigenvalue weighted by Crippen LogP contribution is 2.19. The van der Waals surface area contributed by atoms with E-state index in [0.29, 0.717) is 24.7 Å². The fourth-order valence-electron chi connectivity index (χ4n) is 1.71. The van der Waals surface area contributed by atoms with Gasteiger partial charge in [0.1, 0.15) is 6.61 Å². The van der Waals surface area contributed by atoms with Crippen molar-refractivity contribution < 1.29 is 14.1 Å². The lowest BCUT2D eigenvalue weighted by Crippen LogP contribution is -2.26. The first-order valence-electron chi connectivity index (χ1n) is 7.23. The highest BCUT2D eigenvalue weighted by molar-refractivity contribution is 5.67. The maximum atomic E-state index is 11.6. The molecule has 0 aliphatic rings. The van der Waals surface area contributed by atoms with Crippen LogP contribution in [0.5, 0.6) is 0 Å². The molecule has 22 heavy (non-hydrogen) atoms. The van der Waals surface area contributed by atoms with E-state index < -0.39 is 6.09 Å². The number of benzene rings is 1. The molecule has 6 heteroatoms. The molecule has 0 aliphatic heterocycles. The quantitative estimate of drug-likeness (QED) is 0.919. The van der Waals surface area contributed by atoms with Crippen molar-refractivity contribution in [2.75, 3.05) is 6.54 Å². The molecule has 0 fully saturated rings. The Balaban J connectivity index is 1.70. The van der Waals surface area contributed by atoms with Gasteiger partial charge in [-0.15, -0.1) is 0 Å². The summed E-state index contributed by atoms with van der Waals surface area (Å²) in [6.07, 6.45) is 0.0448. The van der Waals surface area contributed by atoms with E-state index in [9.17, 15) is 4.79 Å². The Morgan fingerprint density at radius 1 is 1.27 bits per heavy atom. The Bertz CT molecular complexity index is 603. The van der Waals surface area contributed by atoms with Gasteiger partial charge >= 0.3 is 6.09 Å². The number of nitrogens with one attached hydrogen (secondary N) is 1. The van der Waals surface area contributed by atoms with Crippen molar-refractivity contribution in [3.8, 4) is 0 Å². The number of carbonyl (C=O) groups is 1. The maximum Gasteiger partial charge on any atom is 0.407 e. The van der Waals surface area contributed by atoms with E-state index in [2.05, 4.69) is 15.5 Å². The molecule has 0 saturated heterocycles. The number of rotatable bonds is 5. The van der Waals surface area contributed by atoms with Gasteiger partial charge in [0.2, 0.25) is 5.89 Å². The van der Waals surface area contributed by atoms with Crippen LogP contribution in [0.4, 0.5) is 4.79 Å². The zero-order chi connectivity index (χ0) is 16.0. The normalized spacial score (nSPS) is 11.2. The van der Waals surface area contributed by atoms with Crippen LogP contribution < -0.4 is 5.32 Å². The molecule has 0 saturated carbocycles. The summed E-state index contributed by atoms with van der Waals surface area (Å²) in [5, 5.41) is 6.56. The van der Waals surface area contributed by atoms with Crippen molar-refractivity contribution in [1.82, 2.24) is 15.5 Å². The molecule has 2 aromatic rings. The number of hydrogen-bond acceptors (Lipinski definition) is 5. The highest BCUT2D eigenvalue weighted by atomic mass is 16.5. The summed E-state index contributed by atoms with van der Waals surface area (Å²) in [5.74, 6) is 1.17. The summed E-state index contributed by atoms with van der Waals surface area (Å²) in [7, 11) is 0. The van der Waals surface area contributed by atoms with Gasteiger partial charge in [-0.1, -0.05) is 56.3 Å². The van der Waals surface area contributed by atoms with Gasteiger partial charge in [-0.25, -0.2) is 4.79 Å². The summed E-state index contributed by atoms with van der Waals surface area (Å²) in [4.78, 5) is 15.9. The van der Waals surface area contributed by atoms with Crippen LogP contribution in [0.15, 0.2) is 34.9 Å². The Morgan fingerprint density at radius 2 is 2.00 bits per heavy atom. The predicted molar refractivity (Wildman–Crippen MR) is 81.3 cm³/mol. The molecule has 1 amide bonds. The van der Waals surface area contributed by atoms with Crippen molar-refractivity contribution in [2.24, 2.45) is 0 Å². The van der Waals surface area contributed by atoms with Crippen LogP contribution in [0, 0.1) is 0 Å². The van der Waals surface area contributed by atoms with Crippen LogP contribution in [0.1, 0.15) is 38.0 Å². The topological polar surface area (TPSA) is 77.2 Å². The second-order valence-electron chi connectivity index (χ2n) is 6.00. The molecule has 1 heterocycles. The third kappa shape index (κ3) is 4.87. The molecule has 1 aromatic heterocycles. The fourth-order valence-corrected chi connectivity index (χ4v) is 1.71. The van der Waals surface area contributed by atoms with Crippen molar-refractivity contribution >= 4 is 6.09 Å². The second kappa shape index (κ2) is 7.06. The predicted octanol–water partition coefficient (Wildman–Crippen LogP) is 2.84. The van der Waals surface area contributed by atoms with Crippen molar-refractivity contribution in [3.05, 3.63) is 47.6 Å². The Hall–Kier alpha value is -2.37. The zero-order valence-electron chi connectivity index (χ0n) is 13.1. The summed E-state index contributed by atoms with van der Waals surface area (Å²) in [6.45, 7) is 6.66. The first-order chi connectivity index (χ1) is 10.4. The van der Waals surface area contributed by atoms with Crippen LogP contribution in [-0.4, -0.2) is 22.8 Å². The molecule has 0 unspecified atom stereocenters. The fraction of sp³-hybridized carbons (Fsp3) is 0.438. The first kappa shape index (κ1) is 16.0. The van der Waals surface area contributed by atoms with Gasteiger partial charge < -0.3 is 14.6 Å². The van der Waals surface area contributed by atoms with Crippen LogP contribution in [0.2, 0.25) is 0 Å². The molecule has 0 radical (unpaired) electrons. The number of aromatic nitrogens is 2. The van der Waals surface area contributed by atoms with Gasteiger partial charge in [-0.3, -0.25) is 0 Å². The monoisotopic (exact) mass is 303 g/mol. The SMILES string of the molecule is CC(C)(C)c1nc(CCNC(=O)OCc2ccccc2)no1. The standard InChI is InChI=1S/C16H21N3O3/c1-16(2,3)14-18-13(19-22-14)9-10-17-15(20)21-11-12-7-5-4-6-8-12/h4-8H,9-11H2,1-3H3,(H,17,20). The molecule has 0 spiro atoms. The van der Waals surface area contributed by atoms with Crippen LogP contribution in [-0.2, 0) is 23.2 Å². The van der Waals surface area contributed by atoms with Crippen molar-refractivity contribution in [3.63, 3.8) is 0 Å². The van der Waals surface area contributed by atoms with Gasteiger partial charge in [-0.2, -0.15) is 4.98 Å². The number of ether oxygens (including phenoxy) is 1. The van der Waals surface area contributed by atoms with Gasteiger partial charge in [0.15, 0.2) is 5.82 Å². The van der Waals surface area contributed by atoms with Crippen molar-refractivity contribution in [2.45, 2.75) is 39.2 Å². The largest absolute Gasteiger partial charge is 0.445 e. The Kier molecular flexibility index (Phi) is 5.14. The highest BCUT2D eigenvalue weighted by Gasteiger charge is 2.21. The van der Waals surface area contributed by atoms with Gasteiger partial charge in [0.05, 0.1) is 0 Å². The van der Waals surface area contributed by atoms with Gasteiger partial charge in [0.25, 0.3) is 0 Å². The minimum Gasteiger partial charge on any atom is -0.445 e. The smallest absolute Gasteiger partial charge is 0.407 e. The second-order valence-corrected chi connectivity index (χ2v) is 6.00. The first-order valence-corrected chi connectivity index (χ1v) is 7.23. The van der Waals surface area contributed by atoms with E-state index >= 15 is 0 Å². The molecule has 6 nitrogen and oxygen atoms in total. The molecule has 0 bridgehead atoms. The van der Waals surface area contributed by atoms with E-state index in [1.54, 1.807) is 0 Å². The minimum absolute atomic E-state index is 0.173. The summed E-state index contributed by atoms with van der Waals surface area (Å²) >= 11 is 0. The van der Waals surface area contributed by atoms with Crippen LogP contribution >= 0.6 is 0 Å². The average molecular weight is 303 g/mol. The van der Waals surface area contributed by atoms with Crippen LogP contribution in [0.3, 0.4) is 0 Å². The molecule has 1 aromatic carbocycles. The summed E-state index contributed by atoms with van der Waals surface area (Å²) in [5.41, 5.74) is 0.776. The van der Waals surface area contributed by atoms with Crippen LogP contribution in [0.25, 0.3) is 0 Å². The lowest BCUT2D eigenvalue weighted by atomic mass is 9.97. The zero-order valence-corrected chi connectivity index (χ0v) is 13.1. The number of alkyl carbamates (subject to hydrolysis) is 1. The molecular weight excluding hydrogens is 282 g/mol. The lowest BCUT2D eigenvalue weighted by Gasteiger charge is -2.10. The minimum atomic E-state index is -0.455. The third-order valence-corrected chi connectivity index (χ3v) is 2.94. The van der Waals surface area contributed by atoms with Gasteiger partial charge in [-0.05, 0) is 5.56 Å². The molecule has 0 aliphatic carbocycles. The van der Waals surface area contributed by atoms with Crippen molar-refractivity contribution in [1.29, 1.82) is 0 Å². The number of amides is 1. The van der Waals surface area contributed by atoms with E-state index in [-0.39, 0.29) is 12.0 Å². The number of carbonyl (C=O) groups excluding carboxylic acids is 1. The maximum absolute atomic E-state index is 11.6. The lowest BCUT2D eigenvalue weighted by molar-refractivity contribution is 0.139. The Morgan fingerprint density at radius 3 is 2.64 bits per heavy atom. The molecule has 0 atom stereocenters. The van der Waals surface area contributed by atoms with E-state index in [0.717, 1.165) is 5.56 Å². The molecular formula is C16H21N3O3. The number of nitrogens with zero attached hydrogens (tertiary/aromatic N) is 2. The average Bonchev–Trinajstić information content (AvgIpc) is 2.95. The Labute approximate surface area is 129 Å². The van der Waals surface area contributed by atoms with E-state index in [1.807, 2.05) is 51.1 Å². The number of hydrogen-bond donors (Lipinski definition) is 1. The van der Waals surface area contributed by atoms with Gasteiger partial charge in [0, 0.05) is 18.4 Å². The summed E-state index contributed by atoms with van der Waals surface area (Å²) in [6, 6.07) is 9.53. The molecule has 118 valence electrons.